The summed E-state index contributed by atoms with van der Waals surface area (Å²) < 4.78 is 4.27. The van der Waals surface area contributed by atoms with E-state index in [1.807, 2.05) is 14.0 Å². The largest absolute Gasteiger partial charge is 0.287 e. The third kappa shape index (κ3) is 2.59. The van der Waals surface area contributed by atoms with Crippen molar-refractivity contribution in [2.24, 2.45) is 7.05 Å². The molecule has 18 heavy (non-hydrogen) atoms. The van der Waals surface area contributed by atoms with Gasteiger partial charge in [0.15, 0.2) is 0 Å². The quantitative estimate of drug-likeness (QED) is 0.643. The van der Waals surface area contributed by atoms with Crippen molar-refractivity contribution in [2.75, 3.05) is 0 Å². The topological polar surface area (TPSA) is 52.7 Å². The zero-order chi connectivity index (χ0) is 13.1. The van der Waals surface area contributed by atoms with Crippen molar-refractivity contribution < 1.29 is 4.79 Å². The molecule has 5 nitrogen and oxygen atoms in total. The summed E-state index contributed by atoms with van der Waals surface area (Å²) in [5.74, 6) is -0.115. The highest BCUT2D eigenvalue weighted by molar-refractivity contribution is 9.10. The molecular formula is C12H13BrN4O. The lowest BCUT2D eigenvalue weighted by Crippen LogP contribution is -2.00. The molecule has 2 rings (SSSR count). The first-order valence-corrected chi connectivity index (χ1v) is 6.34. The van der Waals surface area contributed by atoms with Crippen LogP contribution in [0.4, 0.5) is 0 Å². The maximum absolute atomic E-state index is 11.9. The minimum absolute atomic E-state index is 0.115. The number of aryl methyl sites for hydroxylation is 2. The summed E-state index contributed by atoms with van der Waals surface area (Å²) in [6.45, 7) is 2.73. The number of hydrogen-bond acceptors (Lipinski definition) is 3. The van der Waals surface area contributed by atoms with E-state index in [1.54, 1.807) is 33.9 Å². The highest BCUT2D eigenvalue weighted by atomic mass is 79.9. The number of halogens is 1. The van der Waals surface area contributed by atoms with Crippen LogP contribution >= 0.6 is 15.9 Å². The molecule has 0 atom stereocenters. The summed E-state index contributed by atoms with van der Waals surface area (Å²) in [6.07, 6.45) is 6.71. The molecule has 0 aliphatic rings. The molecule has 2 aromatic rings. The van der Waals surface area contributed by atoms with Gasteiger partial charge in [0.2, 0.25) is 5.78 Å². The molecule has 2 heterocycles. The van der Waals surface area contributed by atoms with Crippen molar-refractivity contribution in [1.82, 2.24) is 19.6 Å². The monoisotopic (exact) mass is 308 g/mol. The Morgan fingerprint density at radius 2 is 2.33 bits per heavy atom. The van der Waals surface area contributed by atoms with E-state index in [-0.39, 0.29) is 5.78 Å². The molecule has 6 heteroatoms. The van der Waals surface area contributed by atoms with Gasteiger partial charge in [-0.25, -0.2) is 0 Å². The molecule has 0 aliphatic heterocycles. The van der Waals surface area contributed by atoms with Crippen molar-refractivity contribution in [1.29, 1.82) is 0 Å². The normalized spacial score (nSPS) is 11.3. The fourth-order valence-corrected chi connectivity index (χ4v) is 2.00. The number of carbonyl (C=O) groups is 1. The van der Waals surface area contributed by atoms with Gasteiger partial charge in [-0.05, 0) is 41.1 Å². The van der Waals surface area contributed by atoms with Crippen molar-refractivity contribution >= 4 is 27.8 Å². The van der Waals surface area contributed by atoms with E-state index < -0.39 is 0 Å². The summed E-state index contributed by atoms with van der Waals surface area (Å²) in [5.41, 5.74) is 1.30. The van der Waals surface area contributed by atoms with E-state index in [0.717, 1.165) is 16.7 Å². The predicted molar refractivity (Wildman–Crippen MR) is 72.2 cm³/mol. The van der Waals surface area contributed by atoms with Gasteiger partial charge in [0.05, 0.1) is 16.4 Å². The summed E-state index contributed by atoms with van der Waals surface area (Å²) in [4.78, 5) is 11.9. The molecule has 0 saturated carbocycles. The fraction of sp³-hybridized carbons (Fsp3) is 0.250. The van der Waals surface area contributed by atoms with Gasteiger partial charge < -0.3 is 0 Å². The second kappa shape index (κ2) is 5.30. The summed E-state index contributed by atoms with van der Waals surface area (Å²) in [6, 6.07) is 1.72. The smallest absolute Gasteiger partial charge is 0.206 e. The van der Waals surface area contributed by atoms with Crippen molar-refractivity contribution in [3.63, 3.8) is 0 Å². The molecule has 0 aliphatic carbocycles. The average Bonchev–Trinajstić information content (AvgIpc) is 2.95. The minimum Gasteiger partial charge on any atom is -0.287 e. The van der Waals surface area contributed by atoms with Crippen LogP contribution in [0.1, 0.15) is 23.1 Å². The lowest BCUT2D eigenvalue weighted by molar-refractivity contribution is 0.104. The van der Waals surface area contributed by atoms with Crippen molar-refractivity contribution in [3.8, 4) is 0 Å². The Morgan fingerprint density at radius 1 is 1.56 bits per heavy atom. The second-order valence-electron chi connectivity index (χ2n) is 3.76. The third-order valence-electron chi connectivity index (χ3n) is 2.55. The lowest BCUT2D eigenvalue weighted by Gasteiger charge is -1.95. The Bertz CT molecular complexity index is 577. The van der Waals surface area contributed by atoms with Crippen LogP contribution in [0.5, 0.6) is 0 Å². The number of aromatic nitrogens is 4. The van der Waals surface area contributed by atoms with Gasteiger partial charge in [-0.3, -0.25) is 14.2 Å². The highest BCUT2D eigenvalue weighted by Crippen LogP contribution is 2.16. The molecular weight excluding hydrogens is 296 g/mol. The first-order chi connectivity index (χ1) is 8.61. The van der Waals surface area contributed by atoms with Crippen LogP contribution in [0.2, 0.25) is 0 Å². The van der Waals surface area contributed by atoms with Crippen LogP contribution < -0.4 is 0 Å². The van der Waals surface area contributed by atoms with Crippen LogP contribution in [-0.2, 0) is 13.6 Å². The van der Waals surface area contributed by atoms with Crippen molar-refractivity contribution in [3.05, 3.63) is 40.4 Å². The Labute approximate surface area is 113 Å². The SMILES string of the molecule is CCn1ccc(C(=O)/C=C/c2c(Br)cnn2C)n1. The summed E-state index contributed by atoms with van der Waals surface area (Å²) in [5, 5.41) is 8.23. The highest BCUT2D eigenvalue weighted by Gasteiger charge is 2.07. The van der Waals surface area contributed by atoms with Crippen molar-refractivity contribution in [2.45, 2.75) is 13.5 Å². The maximum atomic E-state index is 11.9. The number of hydrogen-bond donors (Lipinski definition) is 0. The minimum atomic E-state index is -0.115. The molecule has 0 fully saturated rings. The molecule has 0 amide bonds. The Kier molecular flexibility index (Phi) is 3.76. The Morgan fingerprint density at radius 3 is 2.89 bits per heavy atom. The number of nitrogens with zero attached hydrogens (tertiary/aromatic N) is 4. The van der Waals surface area contributed by atoms with Gasteiger partial charge in [-0.2, -0.15) is 10.2 Å². The number of ketones is 1. The maximum Gasteiger partial charge on any atom is 0.206 e. The summed E-state index contributed by atoms with van der Waals surface area (Å²) in [7, 11) is 1.82. The van der Waals surface area contributed by atoms with Crippen LogP contribution in [0.25, 0.3) is 6.08 Å². The molecule has 0 unspecified atom stereocenters. The standard InChI is InChI=1S/C12H13BrN4O/c1-3-17-7-6-10(15-17)12(18)5-4-11-9(13)8-14-16(11)2/h4-8H,3H2,1-2H3/b5-4+. The molecule has 0 N–H and O–H groups in total. The zero-order valence-corrected chi connectivity index (χ0v) is 11.8. The Hall–Kier alpha value is -1.69. The molecule has 0 saturated heterocycles. The lowest BCUT2D eigenvalue weighted by atomic mass is 10.2. The van der Waals surface area contributed by atoms with E-state index in [2.05, 4.69) is 26.1 Å². The molecule has 2 aromatic heterocycles. The van der Waals surface area contributed by atoms with Gasteiger partial charge in [-0.1, -0.05) is 0 Å². The van der Waals surface area contributed by atoms with Crippen LogP contribution in [-0.4, -0.2) is 25.3 Å². The molecule has 0 radical (unpaired) electrons. The average molecular weight is 309 g/mol. The van der Waals surface area contributed by atoms with E-state index >= 15 is 0 Å². The van der Waals surface area contributed by atoms with E-state index in [0.29, 0.717) is 5.69 Å². The summed E-state index contributed by atoms with van der Waals surface area (Å²) >= 11 is 3.37. The fourth-order valence-electron chi connectivity index (χ4n) is 1.52. The first kappa shape index (κ1) is 12.8. The van der Waals surface area contributed by atoms with Gasteiger partial charge in [0.1, 0.15) is 5.69 Å². The third-order valence-corrected chi connectivity index (χ3v) is 3.16. The van der Waals surface area contributed by atoms with Gasteiger partial charge in [0.25, 0.3) is 0 Å². The van der Waals surface area contributed by atoms with Crippen LogP contribution in [0, 0.1) is 0 Å². The molecule has 0 spiro atoms. The molecule has 0 aromatic carbocycles. The van der Waals surface area contributed by atoms with E-state index in [1.165, 1.54) is 6.08 Å². The number of carbonyl (C=O) groups excluding carboxylic acids is 1. The van der Waals surface area contributed by atoms with Gasteiger partial charge in [0, 0.05) is 19.8 Å². The van der Waals surface area contributed by atoms with E-state index in [4.69, 9.17) is 0 Å². The second-order valence-corrected chi connectivity index (χ2v) is 4.61. The number of rotatable bonds is 4. The first-order valence-electron chi connectivity index (χ1n) is 5.55. The van der Waals surface area contributed by atoms with E-state index in [9.17, 15) is 4.79 Å². The van der Waals surface area contributed by atoms with Crippen LogP contribution in [0.15, 0.2) is 29.0 Å². The predicted octanol–water partition coefficient (Wildman–Crippen LogP) is 2.30. The van der Waals surface area contributed by atoms with Gasteiger partial charge >= 0.3 is 0 Å². The zero-order valence-electron chi connectivity index (χ0n) is 10.2. The Balaban J connectivity index is 2.16. The molecule has 94 valence electrons. The molecule has 0 bridgehead atoms. The van der Waals surface area contributed by atoms with Gasteiger partial charge in [-0.15, -0.1) is 0 Å². The number of allylic oxidation sites excluding steroid dienone is 1. The van der Waals surface area contributed by atoms with Crippen LogP contribution in [0.3, 0.4) is 0 Å².